The van der Waals surface area contributed by atoms with Crippen molar-refractivity contribution in [2.24, 2.45) is 0 Å². The van der Waals surface area contributed by atoms with E-state index in [2.05, 4.69) is 32.1 Å². The summed E-state index contributed by atoms with van der Waals surface area (Å²) in [4.78, 5) is 22.2. The molecular weight excluding hydrogens is 404 g/mol. The Balaban J connectivity index is 1.14. The summed E-state index contributed by atoms with van der Waals surface area (Å²) in [6.07, 6.45) is 4.09. The van der Waals surface area contributed by atoms with Crippen LogP contribution in [0.4, 0.5) is 11.4 Å². The molecule has 5 nitrogen and oxygen atoms in total. The van der Waals surface area contributed by atoms with Crippen molar-refractivity contribution in [3.63, 3.8) is 0 Å². The molecule has 0 spiro atoms. The smallest absolute Gasteiger partial charge is 0.248 e. The minimum Gasteiger partial charge on any atom is -0.378 e. The molecular formula is C25H28N4OS. The van der Waals surface area contributed by atoms with Gasteiger partial charge in [-0.3, -0.25) is 9.69 Å². The van der Waals surface area contributed by atoms with Gasteiger partial charge in [0.1, 0.15) is 0 Å². The van der Waals surface area contributed by atoms with Gasteiger partial charge in [-0.1, -0.05) is 36.4 Å². The zero-order valence-corrected chi connectivity index (χ0v) is 18.5. The van der Waals surface area contributed by atoms with Gasteiger partial charge < -0.3 is 10.2 Å². The molecule has 4 rings (SSSR count). The maximum Gasteiger partial charge on any atom is 0.248 e. The molecule has 0 aliphatic carbocycles. The Kier molecular flexibility index (Phi) is 7.29. The largest absolute Gasteiger partial charge is 0.378 e. The van der Waals surface area contributed by atoms with Gasteiger partial charge in [0, 0.05) is 54.6 Å². The van der Waals surface area contributed by atoms with Crippen LogP contribution in [-0.2, 0) is 4.79 Å². The standard InChI is InChI=1S/C25H28N4OS/c1-26-22-9-3-4-10-23(22)29-16-14-28(15-17-29)13-7-6-12-27-25(30)21-18-20-8-2-5-11-24(20)31-19-21/h2-5,8-11,18H,6-7,12-17,19H2,(H,27,30). The summed E-state index contributed by atoms with van der Waals surface area (Å²) < 4.78 is 0. The van der Waals surface area contributed by atoms with E-state index < -0.39 is 0 Å². The van der Waals surface area contributed by atoms with E-state index >= 15 is 0 Å². The molecule has 0 unspecified atom stereocenters. The highest BCUT2D eigenvalue weighted by atomic mass is 32.2. The Bertz CT molecular complexity index is 989. The van der Waals surface area contributed by atoms with Crippen molar-refractivity contribution in [1.82, 2.24) is 10.2 Å². The number of amides is 1. The maximum absolute atomic E-state index is 12.5. The summed E-state index contributed by atoms with van der Waals surface area (Å²) in [7, 11) is 0. The molecule has 2 aromatic carbocycles. The van der Waals surface area contributed by atoms with Gasteiger partial charge in [0.05, 0.1) is 6.57 Å². The zero-order valence-electron chi connectivity index (χ0n) is 17.7. The molecule has 2 aliphatic rings. The molecule has 2 aliphatic heterocycles. The van der Waals surface area contributed by atoms with Crippen molar-refractivity contribution in [2.45, 2.75) is 17.7 Å². The second-order valence-electron chi connectivity index (χ2n) is 7.89. The van der Waals surface area contributed by atoms with Gasteiger partial charge in [-0.2, -0.15) is 0 Å². The number of nitrogens with zero attached hydrogens (tertiary/aromatic N) is 3. The summed E-state index contributed by atoms with van der Waals surface area (Å²) in [5, 5.41) is 3.09. The Morgan fingerprint density at radius 1 is 1.03 bits per heavy atom. The SMILES string of the molecule is [C-]#[N+]c1ccccc1N1CCN(CCCCNC(=O)C2=Cc3ccccc3SC2)CC1. The number of fused-ring (bicyclic) bond motifs is 1. The Morgan fingerprint density at radius 3 is 2.65 bits per heavy atom. The van der Waals surface area contributed by atoms with Gasteiger partial charge in [-0.25, -0.2) is 4.85 Å². The van der Waals surface area contributed by atoms with Crippen LogP contribution in [0.3, 0.4) is 0 Å². The lowest BCUT2D eigenvalue weighted by Gasteiger charge is -2.36. The summed E-state index contributed by atoms with van der Waals surface area (Å²) in [5.41, 5.74) is 3.79. The molecule has 0 bridgehead atoms. The highest BCUT2D eigenvalue weighted by Gasteiger charge is 2.19. The van der Waals surface area contributed by atoms with Gasteiger partial charge in [-0.05, 0) is 43.2 Å². The van der Waals surface area contributed by atoms with Crippen molar-refractivity contribution >= 4 is 35.1 Å². The van der Waals surface area contributed by atoms with E-state index in [9.17, 15) is 4.79 Å². The predicted molar refractivity (Wildman–Crippen MR) is 129 cm³/mol. The molecule has 0 aromatic heterocycles. The van der Waals surface area contributed by atoms with Crippen LogP contribution in [0.2, 0.25) is 0 Å². The molecule has 1 fully saturated rings. The molecule has 1 amide bonds. The van der Waals surface area contributed by atoms with Crippen LogP contribution in [0.5, 0.6) is 0 Å². The van der Waals surface area contributed by atoms with E-state index in [0.29, 0.717) is 0 Å². The fraction of sp³-hybridized carbons (Fsp3) is 0.360. The number of carbonyl (C=O) groups excluding carboxylic acids is 1. The van der Waals surface area contributed by atoms with Crippen molar-refractivity contribution in [2.75, 3.05) is 49.9 Å². The summed E-state index contributed by atoms with van der Waals surface area (Å²) in [6.45, 7) is 13.1. The molecule has 2 aromatic rings. The van der Waals surface area contributed by atoms with Gasteiger partial charge in [-0.15, -0.1) is 11.8 Å². The first-order valence-corrected chi connectivity index (χ1v) is 11.9. The van der Waals surface area contributed by atoms with Crippen molar-refractivity contribution in [3.8, 4) is 0 Å². The number of benzene rings is 2. The number of rotatable bonds is 7. The topological polar surface area (TPSA) is 39.9 Å². The average molecular weight is 433 g/mol. The minimum atomic E-state index is 0.0640. The monoisotopic (exact) mass is 432 g/mol. The van der Waals surface area contributed by atoms with Crippen molar-refractivity contribution in [1.29, 1.82) is 0 Å². The second kappa shape index (κ2) is 10.5. The molecule has 160 valence electrons. The van der Waals surface area contributed by atoms with Gasteiger partial charge in [0.15, 0.2) is 0 Å². The summed E-state index contributed by atoms with van der Waals surface area (Å²) in [5.74, 6) is 0.804. The molecule has 31 heavy (non-hydrogen) atoms. The van der Waals surface area contributed by atoms with E-state index in [4.69, 9.17) is 6.57 Å². The van der Waals surface area contributed by atoms with Crippen molar-refractivity contribution < 1.29 is 4.79 Å². The van der Waals surface area contributed by atoms with Crippen LogP contribution in [0.25, 0.3) is 10.9 Å². The fourth-order valence-electron chi connectivity index (χ4n) is 4.06. The third kappa shape index (κ3) is 5.49. The van der Waals surface area contributed by atoms with Crippen LogP contribution < -0.4 is 10.2 Å². The molecule has 1 saturated heterocycles. The number of hydrogen-bond acceptors (Lipinski definition) is 4. The van der Waals surface area contributed by atoms with E-state index in [1.807, 2.05) is 42.5 Å². The van der Waals surface area contributed by atoms with Crippen molar-refractivity contribution in [3.05, 3.63) is 71.1 Å². The molecule has 6 heteroatoms. The van der Waals surface area contributed by atoms with Crippen LogP contribution >= 0.6 is 11.8 Å². The molecule has 1 N–H and O–H groups in total. The third-order valence-corrected chi connectivity index (χ3v) is 6.96. The van der Waals surface area contributed by atoms with Crippen LogP contribution in [0, 0.1) is 6.57 Å². The second-order valence-corrected chi connectivity index (χ2v) is 8.91. The number of piperazine rings is 1. The number of nitrogens with one attached hydrogen (secondary N) is 1. The highest BCUT2D eigenvalue weighted by Crippen LogP contribution is 2.31. The summed E-state index contributed by atoms with van der Waals surface area (Å²) in [6, 6.07) is 16.1. The normalized spacial score (nSPS) is 16.2. The Hall–Kier alpha value is -2.75. The number of anilines is 1. The van der Waals surface area contributed by atoms with E-state index in [1.165, 1.54) is 4.90 Å². The van der Waals surface area contributed by atoms with E-state index in [0.717, 1.165) is 80.4 Å². The third-order valence-electron chi connectivity index (χ3n) is 5.83. The Labute approximate surface area is 188 Å². The Morgan fingerprint density at radius 2 is 1.81 bits per heavy atom. The number of para-hydroxylation sites is 2. The molecule has 0 radical (unpaired) electrons. The van der Waals surface area contributed by atoms with E-state index in [-0.39, 0.29) is 5.91 Å². The molecule has 0 saturated carbocycles. The lowest BCUT2D eigenvalue weighted by Crippen LogP contribution is -2.46. The molecule has 0 atom stereocenters. The van der Waals surface area contributed by atoms with Gasteiger partial charge in [0.25, 0.3) is 0 Å². The number of thioether (sulfide) groups is 1. The lowest BCUT2D eigenvalue weighted by atomic mass is 10.1. The lowest BCUT2D eigenvalue weighted by molar-refractivity contribution is -0.117. The maximum atomic E-state index is 12.5. The number of carbonyl (C=O) groups is 1. The van der Waals surface area contributed by atoms with Gasteiger partial charge in [0.2, 0.25) is 11.6 Å². The van der Waals surface area contributed by atoms with Crippen LogP contribution in [-0.4, -0.2) is 55.8 Å². The summed E-state index contributed by atoms with van der Waals surface area (Å²) >= 11 is 1.73. The average Bonchev–Trinajstić information content (AvgIpc) is 2.83. The minimum absolute atomic E-state index is 0.0640. The zero-order chi connectivity index (χ0) is 21.5. The first kappa shape index (κ1) is 21.5. The first-order chi connectivity index (χ1) is 15.2. The predicted octanol–water partition coefficient (Wildman–Crippen LogP) is 4.45. The number of hydrogen-bond donors (Lipinski definition) is 1. The number of unbranched alkanes of at least 4 members (excludes halogenated alkanes) is 1. The molecule has 2 heterocycles. The van der Waals surface area contributed by atoms with Crippen LogP contribution in [0.15, 0.2) is 59.0 Å². The quantitative estimate of drug-likeness (QED) is 0.519. The first-order valence-electron chi connectivity index (χ1n) is 10.9. The fourth-order valence-corrected chi connectivity index (χ4v) is 5.06. The van der Waals surface area contributed by atoms with Crippen LogP contribution in [0.1, 0.15) is 18.4 Å². The van der Waals surface area contributed by atoms with Gasteiger partial charge >= 0.3 is 0 Å². The van der Waals surface area contributed by atoms with E-state index in [1.54, 1.807) is 11.8 Å². The highest BCUT2D eigenvalue weighted by molar-refractivity contribution is 7.99.